The van der Waals surface area contributed by atoms with Crippen molar-refractivity contribution in [1.29, 1.82) is 0 Å². The van der Waals surface area contributed by atoms with E-state index in [0.29, 0.717) is 5.92 Å². The quantitative estimate of drug-likeness (QED) is 0.841. The Morgan fingerprint density at radius 2 is 1.47 bits per heavy atom. The second-order valence-electron chi connectivity index (χ2n) is 5.88. The molecule has 2 aromatic carbocycles. The van der Waals surface area contributed by atoms with Crippen LogP contribution in [-0.4, -0.2) is 5.11 Å². The molecular formula is C18H22O. The molecule has 0 saturated carbocycles. The zero-order valence-corrected chi connectivity index (χ0v) is 12.1. The second kappa shape index (κ2) is 5.18. The number of rotatable bonds is 3. The van der Waals surface area contributed by atoms with E-state index in [9.17, 15) is 5.11 Å². The summed E-state index contributed by atoms with van der Waals surface area (Å²) in [5.41, 5.74) is 4.00. The van der Waals surface area contributed by atoms with Gasteiger partial charge in [0.05, 0.1) is 5.60 Å². The van der Waals surface area contributed by atoms with Crippen LogP contribution in [0.3, 0.4) is 0 Å². The van der Waals surface area contributed by atoms with Crippen molar-refractivity contribution >= 4 is 0 Å². The van der Waals surface area contributed by atoms with Crippen molar-refractivity contribution in [3.05, 3.63) is 59.7 Å². The molecule has 0 atom stereocenters. The van der Waals surface area contributed by atoms with Gasteiger partial charge in [0.1, 0.15) is 0 Å². The third kappa shape index (κ3) is 3.05. The van der Waals surface area contributed by atoms with Crippen molar-refractivity contribution in [2.45, 2.75) is 39.2 Å². The van der Waals surface area contributed by atoms with E-state index in [1.165, 1.54) is 16.7 Å². The summed E-state index contributed by atoms with van der Waals surface area (Å²) in [7, 11) is 0. The molecule has 1 heteroatoms. The standard InChI is InChI=1S/C18H22O/c1-13(2)16-7-5-6-8-17(16)14-9-11-15(12-10-14)18(3,4)19/h5-13,19H,1-4H3. The summed E-state index contributed by atoms with van der Waals surface area (Å²) in [6, 6.07) is 16.7. The molecule has 0 spiro atoms. The summed E-state index contributed by atoms with van der Waals surface area (Å²) in [6.07, 6.45) is 0. The molecule has 0 amide bonds. The minimum Gasteiger partial charge on any atom is -0.386 e. The van der Waals surface area contributed by atoms with Crippen LogP contribution in [-0.2, 0) is 5.60 Å². The number of hydrogen-bond donors (Lipinski definition) is 1. The zero-order chi connectivity index (χ0) is 14.0. The first kappa shape index (κ1) is 13.8. The lowest BCUT2D eigenvalue weighted by atomic mass is 9.90. The van der Waals surface area contributed by atoms with Crippen molar-refractivity contribution in [1.82, 2.24) is 0 Å². The maximum absolute atomic E-state index is 9.99. The average Bonchev–Trinajstić information content (AvgIpc) is 2.38. The summed E-state index contributed by atoms with van der Waals surface area (Å²) in [4.78, 5) is 0. The molecule has 0 aliphatic carbocycles. The van der Waals surface area contributed by atoms with Crippen molar-refractivity contribution in [3.63, 3.8) is 0 Å². The van der Waals surface area contributed by atoms with E-state index in [4.69, 9.17) is 0 Å². The molecular weight excluding hydrogens is 232 g/mol. The third-order valence-electron chi connectivity index (χ3n) is 3.49. The lowest BCUT2D eigenvalue weighted by molar-refractivity contribution is 0.0786. The van der Waals surface area contributed by atoms with Crippen molar-refractivity contribution in [2.24, 2.45) is 0 Å². The van der Waals surface area contributed by atoms with Crippen molar-refractivity contribution in [3.8, 4) is 11.1 Å². The van der Waals surface area contributed by atoms with Crippen molar-refractivity contribution < 1.29 is 5.11 Å². The molecule has 1 N–H and O–H groups in total. The first-order chi connectivity index (χ1) is 8.89. The van der Waals surface area contributed by atoms with E-state index < -0.39 is 5.60 Å². The predicted octanol–water partition coefficient (Wildman–Crippen LogP) is 4.70. The van der Waals surface area contributed by atoms with Crippen LogP contribution < -0.4 is 0 Å². The minimum absolute atomic E-state index is 0.505. The van der Waals surface area contributed by atoms with Gasteiger partial charge in [-0.05, 0) is 42.0 Å². The highest BCUT2D eigenvalue weighted by Crippen LogP contribution is 2.30. The molecule has 0 radical (unpaired) electrons. The van der Waals surface area contributed by atoms with Gasteiger partial charge in [0.25, 0.3) is 0 Å². The lowest BCUT2D eigenvalue weighted by Gasteiger charge is -2.19. The maximum Gasteiger partial charge on any atom is 0.0840 e. The Labute approximate surface area is 115 Å². The largest absolute Gasteiger partial charge is 0.386 e. The Morgan fingerprint density at radius 3 is 2.00 bits per heavy atom. The minimum atomic E-state index is -0.782. The molecule has 0 aliphatic heterocycles. The summed E-state index contributed by atoms with van der Waals surface area (Å²) in [5.74, 6) is 0.505. The number of hydrogen-bond acceptors (Lipinski definition) is 1. The second-order valence-corrected chi connectivity index (χ2v) is 5.88. The fourth-order valence-electron chi connectivity index (χ4n) is 2.32. The van der Waals surface area contributed by atoms with Crippen LogP contribution in [0.5, 0.6) is 0 Å². The molecule has 0 unspecified atom stereocenters. The van der Waals surface area contributed by atoms with E-state index in [1.807, 2.05) is 26.0 Å². The smallest absolute Gasteiger partial charge is 0.0840 e. The normalized spacial score (nSPS) is 11.9. The highest BCUT2D eigenvalue weighted by atomic mass is 16.3. The molecule has 2 rings (SSSR count). The fraction of sp³-hybridized carbons (Fsp3) is 0.333. The van der Waals surface area contributed by atoms with Crippen LogP contribution >= 0.6 is 0 Å². The van der Waals surface area contributed by atoms with Gasteiger partial charge in [-0.25, -0.2) is 0 Å². The predicted molar refractivity (Wildman–Crippen MR) is 81.2 cm³/mol. The Hall–Kier alpha value is -1.60. The topological polar surface area (TPSA) is 20.2 Å². The number of aliphatic hydroxyl groups is 1. The maximum atomic E-state index is 9.99. The summed E-state index contributed by atoms with van der Waals surface area (Å²) in [6.45, 7) is 8.04. The third-order valence-corrected chi connectivity index (χ3v) is 3.49. The Morgan fingerprint density at radius 1 is 0.895 bits per heavy atom. The summed E-state index contributed by atoms with van der Waals surface area (Å²) in [5, 5.41) is 9.99. The monoisotopic (exact) mass is 254 g/mol. The Balaban J connectivity index is 2.43. The van der Waals surface area contributed by atoms with E-state index in [0.717, 1.165) is 5.56 Å². The van der Waals surface area contributed by atoms with Gasteiger partial charge in [-0.2, -0.15) is 0 Å². The van der Waals surface area contributed by atoms with Gasteiger partial charge in [0.2, 0.25) is 0 Å². The SMILES string of the molecule is CC(C)c1ccccc1-c1ccc(C(C)(C)O)cc1. The first-order valence-corrected chi connectivity index (χ1v) is 6.82. The van der Waals surface area contributed by atoms with Gasteiger partial charge in [-0.3, -0.25) is 0 Å². The van der Waals surface area contributed by atoms with Crippen LogP contribution in [0.15, 0.2) is 48.5 Å². The zero-order valence-electron chi connectivity index (χ0n) is 12.1. The van der Waals surface area contributed by atoms with Gasteiger partial charge in [-0.1, -0.05) is 62.4 Å². The van der Waals surface area contributed by atoms with Gasteiger partial charge in [0.15, 0.2) is 0 Å². The van der Waals surface area contributed by atoms with E-state index in [2.05, 4.69) is 50.2 Å². The van der Waals surface area contributed by atoms with Crippen LogP contribution in [0.25, 0.3) is 11.1 Å². The molecule has 1 nitrogen and oxygen atoms in total. The molecule has 0 heterocycles. The van der Waals surface area contributed by atoms with Gasteiger partial charge >= 0.3 is 0 Å². The molecule has 0 aromatic heterocycles. The Bertz CT molecular complexity index is 545. The van der Waals surface area contributed by atoms with Crippen LogP contribution in [0, 0.1) is 0 Å². The van der Waals surface area contributed by atoms with Crippen LogP contribution in [0.2, 0.25) is 0 Å². The molecule has 0 bridgehead atoms. The molecule has 2 aromatic rings. The summed E-state index contributed by atoms with van der Waals surface area (Å²) < 4.78 is 0. The van der Waals surface area contributed by atoms with E-state index in [-0.39, 0.29) is 0 Å². The van der Waals surface area contributed by atoms with E-state index in [1.54, 1.807) is 0 Å². The Kier molecular flexibility index (Phi) is 3.77. The van der Waals surface area contributed by atoms with E-state index >= 15 is 0 Å². The molecule has 0 saturated heterocycles. The molecule has 100 valence electrons. The molecule has 19 heavy (non-hydrogen) atoms. The van der Waals surface area contributed by atoms with Gasteiger partial charge in [-0.15, -0.1) is 0 Å². The van der Waals surface area contributed by atoms with Crippen molar-refractivity contribution in [2.75, 3.05) is 0 Å². The van der Waals surface area contributed by atoms with Crippen LogP contribution in [0.4, 0.5) is 0 Å². The van der Waals surface area contributed by atoms with Crippen LogP contribution in [0.1, 0.15) is 44.7 Å². The van der Waals surface area contributed by atoms with Gasteiger partial charge in [0, 0.05) is 0 Å². The first-order valence-electron chi connectivity index (χ1n) is 6.82. The number of benzene rings is 2. The highest BCUT2D eigenvalue weighted by molar-refractivity contribution is 5.68. The molecule has 0 aliphatic rings. The highest BCUT2D eigenvalue weighted by Gasteiger charge is 2.15. The average molecular weight is 254 g/mol. The fourth-order valence-corrected chi connectivity index (χ4v) is 2.32. The lowest BCUT2D eigenvalue weighted by Crippen LogP contribution is -2.14. The van der Waals surface area contributed by atoms with Gasteiger partial charge < -0.3 is 5.11 Å². The summed E-state index contributed by atoms with van der Waals surface area (Å²) >= 11 is 0. The molecule has 0 fully saturated rings.